The molecule has 8 heteroatoms. The lowest BCUT2D eigenvalue weighted by Crippen LogP contribution is -2.53. The maximum Gasteiger partial charge on any atom is 0.193 e. The van der Waals surface area contributed by atoms with Gasteiger partial charge in [-0.15, -0.1) is 24.0 Å². The number of piperazine rings is 1. The van der Waals surface area contributed by atoms with Gasteiger partial charge in [0.15, 0.2) is 5.96 Å². The van der Waals surface area contributed by atoms with Crippen molar-refractivity contribution in [2.75, 3.05) is 52.9 Å². The van der Waals surface area contributed by atoms with Crippen molar-refractivity contribution in [3.8, 4) is 5.75 Å². The number of aliphatic imine (C=N–C) groups is 1. The van der Waals surface area contributed by atoms with Crippen LogP contribution in [0.5, 0.6) is 5.75 Å². The summed E-state index contributed by atoms with van der Waals surface area (Å²) in [5, 5.41) is 3.52. The number of halogens is 1. The molecule has 1 aliphatic rings. The summed E-state index contributed by atoms with van der Waals surface area (Å²) in [5.41, 5.74) is 0. The van der Waals surface area contributed by atoms with Gasteiger partial charge in [0.05, 0.1) is 0 Å². The summed E-state index contributed by atoms with van der Waals surface area (Å²) in [4.78, 5) is 13.6. The number of aromatic nitrogens is 2. The molecule has 166 valence electrons. The molecule has 0 saturated carbocycles. The number of hydrogen-bond acceptors (Lipinski definition) is 4. The van der Waals surface area contributed by atoms with Gasteiger partial charge in [0.25, 0.3) is 0 Å². The molecule has 1 aromatic carbocycles. The van der Waals surface area contributed by atoms with E-state index in [-0.39, 0.29) is 24.0 Å². The Morgan fingerprint density at radius 2 is 1.87 bits per heavy atom. The second-order valence-corrected chi connectivity index (χ2v) is 7.34. The molecule has 1 N–H and O–H groups in total. The van der Waals surface area contributed by atoms with Crippen LogP contribution in [0.25, 0.3) is 0 Å². The molecule has 1 saturated heterocycles. The molecule has 1 fully saturated rings. The number of aryl methyl sites for hydroxylation is 2. The molecule has 2 aromatic rings. The van der Waals surface area contributed by atoms with Crippen LogP contribution < -0.4 is 10.1 Å². The summed E-state index contributed by atoms with van der Waals surface area (Å²) in [6.45, 7) is 9.79. The number of para-hydroxylation sites is 1. The molecule has 0 amide bonds. The number of unbranched alkanes of at least 4 members (excludes halogenated alkanes) is 1. The Balaban J connectivity index is 0.00000320. The van der Waals surface area contributed by atoms with E-state index in [4.69, 9.17) is 4.74 Å². The second kappa shape index (κ2) is 13.5. The van der Waals surface area contributed by atoms with Gasteiger partial charge in [0, 0.05) is 65.3 Å². The third-order valence-corrected chi connectivity index (χ3v) is 5.34. The summed E-state index contributed by atoms with van der Waals surface area (Å²) < 4.78 is 8.02. The van der Waals surface area contributed by atoms with Crippen molar-refractivity contribution < 1.29 is 4.74 Å². The average Bonchev–Trinajstić information content (AvgIpc) is 3.17. The third-order valence-electron chi connectivity index (χ3n) is 5.34. The smallest absolute Gasteiger partial charge is 0.193 e. The molecule has 2 heterocycles. The Kier molecular flexibility index (Phi) is 11.0. The minimum Gasteiger partial charge on any atom is -0.492 e. The van der Waals surface area contributed by atoms with Crippen LogP contribution in [0.3, 0.4) is 0 Å². The van der Waals surface area contributed by atoms with Crippen LogP contribution in [0.15, 0.2) is 47.7 Å². The lowest BCUT2D eigenvalue weighted by atomic mass is 10.3. The minimum absolute atomic E-state index is 0. The van der Waals surface area contributed by atoms with Gasteiger partial charge >= 0.3 is 0 Å². The van der Waals surface area contributed by atoms with Gasteiger partial charge in [-0.25, -0.2) is 4.98 Å². The molecule has 0 aliphatic carbocycles. The number of benzene rings is 1. The quantitative estimate of drug-likeness (QED) is 0.236. The Hall–Kier alpha value is -1.81. The van der Waals surface area contributed by atoms with E-state index in [1.165, 1.54) is 0 Å². The van der Waals surface area contributed by atoms with E-state index in [1.54, 1.807) is 0 Å². The van der Waals surface area contributed by atoms with Gasteiger partial charge in [-0.05, 0) is 31.9 Å². The summed E-state index contributed by atoms with van der Waals surface area (Å²) >= 11 is 0. The van der Waals surface area contributed by atoms with E-state index in [0.717, 1.165) is 82.8 Å². The van der Waals surface area contributed by atoms with Crippen LogP contribution in [0, 0.1) is 6.92 Å². The van der Waals surface area contributed by atoms with E-state index in [1.807, 2.05) is 56.7 Å². The molecule has 0 bridgehead atoms. The SMILES string of the molecule is CN=C(NCCCCn1ccnc1C)N1CCN(CCOc2ccccc2)CC1.I. The number of hydrogen-bond donors (Lipinski definition) is 1. The topological polar surface area (TPSA) is 57.9 Å². The zero-order valence-electron chi connectivity index (χ0n) is 18.2. The highest BCUT2D eigenvalue weighted by Gasteiger charge is 2.19. The van der Waals surface area contributed by atoms with E-state index >= 15 is 0 Å². The number of nitrogens with zero attached hydrogens (tertiary/aromatic N) is 5. The molecule has 1 aromatic heterocycles. The van der Waals surface area contributed by atoms with Gasteiger partial charge in [-0.2, -0.15) is 0 Å². The monoisotopic (exact) mass is 526 g/mol. The number of guanidine groups is 1. The molecule has 0 unspecified atom stereocenters. The third kappa shape index (κ3) is 7.79. The van der Waals surface area contributed by atoms with Crippen molar-refractivity contribution >= 4 is 29.9 Å². The standard InChI is InChI=1S/C22H34N6O.HI/c1-20-24-11-13-27(20)12-7-6-10-25-22(23-2)28-16-14-26(15-17-28)18-19-29-21-8-4-3-5-9-21;/h3-5,8-9,11,13H,6-7,10,12,14-19H2,1-2H3,(H,23,25);1H. The van der Waals surface area contributed by atoms with Crippen molar-refractivity contribution in [3.05, 3.63) is 48.5 Å². The number of ether oxygens (including phenoxy) is 1. The van der Waals surface area contributed by atoms with Crippen LogP contribution >= 0.6 is 24.0 Å². The molecular weight excluding hydrogens is 491 g/mol. The first-order valence-corrected chi connectivity index (χ1v) is 10.6. The van der Waals surface area contributed by atoms with Crippen molar-refractivity contribution in [1.82, 2.24) is 24.7 Å². The van der Waals surface area contributed by atoms with Crippen LogP contribution in [-0.2, 0) is 6.54 Å². The average molecular weight is 526 g/mol. The van der Waals surface area contributed by atoms with Crippen molar-refractivity contribution in [3.63, 3.8) is 0 Å². The predicted octanol–water partition coefficient (Wildman–Crippen LogP) is 2.86. The summed E-state index contributed by atoms with van der Waals surface area (Å²) in [6.07, 6.45) is 6.17. The van der Waals surface area contributed by atoms with Crippen molar-refractivity contribution in [1.29, 1.82) is 0 Å². The first-order valence-electron chi connectivity index (χ1n) is 10.6. The molecule has 0 spiro atoms. The number of rotatable bonds is 9. The number of imidazole rings is 1. The molecule has 30 heavy (non-hydrogen) atoms. The first kappa shape index (κ1) is 24.5. The molecule has 7 nitrogen and oxygen atoms in total. The maximum atomic E-state index is 5.82. The van der Waals surface area contributed by atoms with E-state index in [2.05, 4.69) is 29.7 Å². The Morgan fingerprint density at radius 1 is 1.10 bits per heavy atom. The highest BCUT2D eigenvalue weighted by molar-refractivity contribution is 14.0. The van der Waals surface area contributed by atoms with E-state index in [0.29, 0.717) is 0 Å². The van der Waals surface area contributed by atoms with Crippen molar-refractivity contribution in [2.45, 2.75) is 26.3 Å². The molecule has 0 radical (unpaired) electrons. The van der Waals surface area contributed by atoms with Gasteiger partial charge in [-0.3, -0.25) is 9.89 Å². The first-order chi connectivity index (χ1) is 14.3. The normalized spacial score (nSPS) is 15.0. The highest BCUT2D eigenvalue weighted by Crippen LogP contribution is 2.09. The fraction of sp³-hybridized carbons (Fsp3) is 0.545. The zero-order chi connectivity index (χ0) is 20.3. The molecule has 3 rings (SSSR count). The molecule has 1 aliphatic heterocycles. The summed E-state index contributed by atoms with van der Waals surface area (Å²) in [7, 11) is 1.87. The van der Waals surface area contributed by atoms with Crippen LogP contribution in [0.2, 0.25) is 0 Å². The second-order valence-electron chi connectivity index (χ2n) is 7.34. The minimum atomic E-state index is 0. The fourth-order valence-corrected chi connectivity index (χ4v) is 3.57. The zero-order valence-corrected chi connectivity index (χ0v) is 20.5. The molecule has 0 atom stereocenters. The highest BCUT2D eigenvalue weighted by atomic mass is 127. The Morgan fingerprint density at radius 3 is 2.53 bits per heavy atom. The van der Waals surface area contributed by atoms with Gasteiger partial charge in [0.2, 0.25) is 0 Å². The number of nitrogens with one attached hydrogen (secondary N) is 1. The summed E-state index contributed by atoms with van der Waals surface area (Å²) in [5.74, 6) is 3.05. The lowest BCUT2D eigenvalue weighted by Gasteiger charge is -2.36. The Labute approximate surface area is 197 Å². The van der Waals surface area contributed by atoms with Crippen LogP contribution in [-0.4, -0.2) is 78.2 Å². The van der Waals surface area contributed by atoms with E-state index in [9.17, 15) is 0 Å². The predicted molar refractivity (Wildman–Crippen MR) is 133 cm³/mol. The largest absolute Gasteiger partial charge is 0.492 e. The van der Waals surface area contributed by atoms with Gasteiger partial charge in [0.1, 0.15) is 18.2 Å². The van der Waals surface area contributed by atoms with Crippen molar-refractivity contribution in [2.24, 2.45) is 4.99 Å². The van der Waals surface area contributed by atoms with Crippen LogP contribution in [0.1, 0.15) is 18.7 Å². The molecular formula is C22H35IN6O. The van der Waals surface area contributed by atoms with E-state index < -0.39 is 0 Å². The Bertz CT molecular complexity index is 743. The lowest BCUT2D eigenvalue weighted by molar-refractivity contribution is 0.152. The van der Waals surface area contributed by atoms with Crippen LogP contribution in [0.4, 0.5) is 0 Å². The fourth-order valence-electron chi connectivity index (χ4n) is 3.57. The summed E-state index contributed by atoms with van der Waals surface area (Å²) in [6, 6.07) is 10.0. The van der Waals surface area contributed by atoms with Gasteiger partial charge in [-0.1, -0.05) is 18.2 Å². The maximum absolute atomic E-state index is 5.82. The van der Waals surface area contributed by atoms with Gasteiger partial charge < -0.3 is 19.5 Å².